The molecule has 0 atom stereocenters. The van der Waals surface area contributed by atoms with Gasteiger partial charge in [0.1, 0.15) is 12.1 Å². The van der Waals surface area contributed by atoms with Crippen LogP contribution in [0.15, 0.2) is 36.4 Å². The van der Waals surface area contributed by atoms with Crippen LogP contribution in [-0.2, 0) is 9.59 Å². The van der Waals surface area contributed by atoms with E-state index < -0.39 is 17.5 Å². The van der Waals surface area contributed by atoms with Gasteiger partial charge in [-0.05, 0) is 24.3 Å². The molecule has 1 aliphatic heterocycles. The average Bonchev–Trinajstić information content (AvgIpc) is 3.23. The highest BCUT2D eigenvalue weighted by Gasteiger charge is 2.50. The molecule has 0 saturated carbocycles. The zero-order chi connectivity index (χ0) is 21.3. The summed E-state index contributed by atoms with van der Waals surface area (Å²) < 4.78 is 0.962. The third kappa shape index (κ3) is 3.52. The Morgan fingerprint density at radius 3 is 2.60 bits per heavy atom. The van der Waals surface area contributed by atoms with Crippen molar-refractivity contribution in [1.29, 1.82) is 0 Å². The molecule has 1 saturated heterocycles. The van der Waals surface area contributed by atoms with E-state index in [1.165, 1.54) is 11.3 Å². The minimum atomic E-state index is -0.893. The monoisotopic (exact) mass is 424 g/mol. The Kier molecular flexibility index (Phi) is 5.42. The maximum absolute atomic E-state index is 12.9. The summed E-state index contributed by atoms with van der Waals surface area (Å²) in [6.07, 6.45) is 2.67. The lowest BCUT2D eigenvalue weighted by Crippen LogP contribution is -2.47. The lowest BCUT2D eigenvalue weighted by Gasteiger charge is -2.25. The van der Waals surface area contributed by atoms with Crippen LogP contribution in [-0.4, -0.2) is 39.8 Å². The summed E-state index contributed by atoms with van der Waals surface area (Å²) in [4.78, 5) is 43.6. The van der Waals surface area contributed by atoms with Gasteiger partial charge in [0, 0.05) is 5.39 Å². The van der Waals surface area contributed by atoms with Crippen molar-refractivity contribution in [3.8, 4) is 0 Å². The van der Waals surface area contributed by atoms with Crippen LogP contribution in [0.1, 0.15) is 39.5 Å². The van der Waals surface area contributed by atoms with Gasteiger partial charge in [-0.3, -0.25) is 14.5 Å². The molecule has 2 N–H and O–H groups in total. The first kappa shape index (κ1) is 20.3. The van der Waals surface area contributed by atoms with E-state index in [-0.39, 0.29) is 12.5 Å². The molecule has 2 heterocycles. The Hall–Kier alpha value is -3.00. The molecule has 1 aromatic heterocycles. The van der Waals surface area contributed by atoms with Gasteiger partial charge in [0.25, 0.3) is 5.91 Å². The maximum atomic E-state index is 12.9. The molecule has 1 aliphatic rings. The van der Waals surface area contributed by atoms with Crippen molar-refractivity contribution in [2.45, 2.75) is 45.1 Å². The summed E-state index contributed by atoms with van der Waals surface area (Å²) in [7, 11) is 0. The number of anilines is 1. The highest BCUT2D eigenvalue weighted by atomic mass is 32.1. The quantitative estimate of drug-likeness (QED) is 0.554. The second kappa shape index (κ2) is 8.02. The zero-order valence-electron chi connectivity index (χ0n) is 17.0. The SMILES string of the molecule is CCCC1(CCC)NC(=O)N(CC(=O)Nc2nc3c(ccc4ccccc43)s2)C1=O. The molecular weight excluding hydrogens is 400 g/mol. The number of hydrogen-bond donors (Lipinski definition) is 2. The first-order valence-electron chi connectivity index (χ1n) is 10.2. The lowest BCUT2D eigenvalue weighted by atomic mass is 9.88. The van der Waals surface area contributed by atoms with Crippen LogP contribution in [0.5, 0.6) is 0 Å². The van der Waals surface area contributed by atoms with Crippen molar-refractivity contribution in [2.75, 3.05) is 11.9 Å². The first-order valence-corrected chi connectivity index (χ1v) is 11.0. The number of carbonyl (C=O) groups is 3. The van der Waals surface area contributed by atoms with Crippen molar-refractivity contribution >= 4 is 55.3 Å². The summed E-state index contributed by atoms with van der Waals surface area (Å²) in [5.74, 6) is -0.757. The Balaban J connectivity index is 1.51. The molecule has 0 bridgehead atoms. The number of carbonyl (C=O) groups excluding carboxylic acids is 3. The highest BCUT2D eigenvalue weighted by Crippen LogP contribution is 2.32. The van der Waals surface area contributed by atoms with Gasteiger partial charge in [-0.25, -0.2) is 9.78 Å². The number of thiazole rings is 1. The second-order valence-electron chi connectivity index (χ2n) is 7.60. The number of imide groups is 1. The zero-order valence-corrected chi connectivity index (χ0v) is 17.8. The van der Waals surface area contributed by atoms with E-state index in [9.17, 15) is 14.4 Å². The van der Waals surface area contributed by atoms with E-state index in [1.807, 2.05) is 50.2 Å². The molecular formula is C22H24N4O3S. The van der Waals surface area contributed by atoms with Gasteiger partial charge in [-0.2, -0.15) is 0 Å². The van der Waals surface area contributed by atoms with Crippen molar-refractivity contribution in [3.63, 3.8) is 0 Å². The number of urea groups is 1. The topological polar surface area (TPSA) is 91.4 Å². The molecule has 30 heavy (non-hydrogen) atoms. The van der Waals surface area contributed by atoms with Crippen LogP contribution >= 0.6 is 11.3 Å². The van der Waals surface area contributed by atoms with Crippen LogP contribution in [0, 0.1) is 0 Å². The number of rotatable bonds is 7. The molecule has 4 amide bonds. The number of hydrogen-bond acceptors (Lipinski definition) is 5. The normalized spacial score (nSPS) is 15.7. The molecule has 1 fully saturated rings. The Labute approximate surface area is 178 Å². The third-order valence-electron chi connectivity index (χ3n) is 5.43. The molecule has 8 heteroatoms. The van der Waals surface area contributed by atoms with Gasteiger partial charge in [0.05, 0.1) is 10.2 Å². The third-order valence-corrected chi connectivity index (χ3v) is 6.37. The number of fused-ring (bicyclic) bond motifs is 3. The fourth-order valence-corrected chi connectivity index (χ4v) is 5.05. The summed E-state index contributed by atoms with van der Waals surface area (Å²) in [6, 6.07) is 11.4. The fraction of sp³-hybridized carbons (Fsp3) is 0.364. The lowest BCUT2D eigenvalue weighted by molar-refractivity contribution is -0.134. The van der Waals surface area contributed by atoms with Crippen LogP contribution < -0.4 is 10.6 Å². The molecule has 0 spiro atoms. The number of aromatic nitrogens is 1. The van der Waals surface area contributed by atoms with E-state index in [0.717, 1.165) is 38.7 Å². The van der Waals surface area contributed by atoms with E-state index in [4.69, 9.17) is 0 Å². The Morgan fingerprint density at radius 2 is 1.87 bits per heavy atom. The Morgan fingerprint density at radius 1 is 1.13 bits per heavy atom. The summed E-state index contributed by atoms with van der Waals surface area (Å²) in [5, 5.41) is 8.12. The van der Waals surface area contributed by atoms with Crippen LogP contribution in [0.3, 0.4) is 0 Å². The molecule has 4 rings (SSSR count). The van der Waals surface area contributed by atoms with Crippen molar-refractivity contribution in [3.05, 3.63) is 36.4 Å². The van der Waals surface area contributed by atoms with Crippen LogP contribution in [0.2, 0.25) is 0 Å². The van der Waals surface area contributed by atoms with Gasteiger partial charge in [-0.15, -0.1) is 0 Å². The molecule has 156 valence electrons. The summed E-state index contributed by atoms with van der Waals surface area (Å²) >= 11 is 1.37. The number of nitrogens with one attached hydrogen (secondary N) is 2. The van der Waals surface area contributed by atoms with E-state index in [2.05, 4.69) is 15.6 Å². The second-order valence-corrected chi connectivity index (χ2v) is 8.63. The smallest absolute Gasteiger partial charge is 0.323 e. The maximum Gasteiger partial charge on any atom is 0.325 e. The number of nitrogens with zero attached hydrogens (tertiary/aromatic N) is 2. The van der Waals surface area contributed by atoms with E-state index in [0.29, 0.717) is 18.0 Å². The van der Waals surface area contributed by atoms with E-state index in [1.54, 1.807) is 0 Å². The molecule has 0 radical (unpaired) electrons. The van der Waals surface area contributed by atoms with Gasteiger partial charge in [0.2, 0.25) is 5.91 Å². The van der Waals surface area contributed by atoms with Crippen LogP contribution in [0.25, 0.3) is 21.0 Å². The van der Waals surface area contributed by atoms with Gasteiger partial charge < -0.3 is 10.6 Å². The average molecular weight is 425 g/mol. The van der Waals surface area contributed by atoms with Gasteiger partial charge in [0.15, 0.2) is 5.13 Å². The number of benzene rings is 2. The fourth-order valence-electron chi connectivity index (χ4n) is 4.15. The summed E-state index contributed by atoms with van der Waals surface area (Å²) in [6.45, 7) is 3.63. The molecule has 0 unspecified atom stereocenters. The molecule has 7 nitrogen and oxygen atoms in total. The van der Waals surface area contributed by atoms with Crippen LogP contribution in [0.4, 0.5) is 9.93 Å². The molecule has 0 aliphatic carbocycles. The van der Waals surface area contributed by atoms with E-state index >= 15 is 0 Å². The number of amides is 4. The van der Waals surface area contributed by atoms with Crippen molar-refractivity contribution < 1.29 is 14.4 Å². The van der Waals surface area contributed by atoms with Gasteiger partial charge >= 0.3 is 6.03 Å². The first-order chi connectivity index (χ1) is 14.5. The predicted octanol–water partition coefficient (Wildman–Crippen LogP) is 4.28. The Bertz CT molecular complexity index is 1130. The largest absolute Gasteiger partial charge is 0.325 e. The van der Waals surface area contributed by atoms with Crippen molar-refractivity contribution in [2.24, 2.45) is 0 Å². The molecule has 3 aromatic rings. The summed E-state index contributed by atoms with van der Waals surface area (Å²) in [5.41, 5.74) is -0.0661. The minimum absolute atomic E-state index is 0.318. The van der Waals surface area contributed by atoms with Crippen molar-refractivity contribution in [1.82, 2.24) is 15.2 Å². The van der Waals surface area contributed by atoms with Gasteiger partial charge in [-0.1, -0.05) is 68.4 Å². The molecule has 2 aromatic carbocycles. The highest BCUT2D eigenvalue weighted by molar-refractivity contribution is 7.22. The minimum Gasteiger partial charge on any atom is -0.323 e. The standard InChI is InChI=1S/C22H24N4O3S/c1-3-11-22(12-4-2)19(28)26(21(29)25-22)13-17(27)23-20-24-18-15-8-6-5-7-14(15)9-10-16(18)30-20/h5-10H,3-4,11-13H2,1-2H3,(H,25,29)(H,23,24,27). The predicted molar refractivity (Wildman–Crippen MR) is 119 cm³/mol.